The number of hydrogen-bond donors (Lipinski definition) is 1. The number of amides is 1. The third kappa shape index (κ3) is 4.08. The Morgan fingerprint density at radius 2 is 1.77 bits per heavy atom. The van der Waals surface area contributed by atoms with E-state index >= 15 is 0 Å². The molecule has 1 amide bonds. The fraction of sp³-hybridized carbons (Fsp3) is 0.263. The summed E-state index contributed by atoms with van der Waals surface area (Å²) in [6, 6.07) is 9.28. The van der Waals surface area contributed by atoms with E-state index in [0.717, 1.165) is 43.1 Å². The molecule has 1 aromatic carbocycles. The summed E-state index contributed by atoms with van der Waals surface area (Å²) in [6.45, 7) is 1.48. The van der Waals surface area contributed by atoms with Gasteiger partial charge in [-0.2, -0.15) is 5.10 Å². The molecule has 4 heterocycles. The molecule has 12 nitrogen and oxygen atoms in total. The Kier molecular flexibility index (Phi) is 5.01. The largest absolute Gasteiger partial charge is 0.356 e. The molecule has 4 aromatic rings. The van der Waals surface area contributed by atoms with E-state index in [1.165, 1.54) is 19.0 Å². The van der Waals surface area contributed by atoms with Crippen molar-refractivity contribution < 1.29 is 4.79 Å². The SMILES string of the molecule is O=C(Nc1ccc(-n2cnnn2)cc1)C1CCN(c2cc(-n3cncn3)ncn2)CC1. The van der Waals surface area contributed by atoms with Crippen LogP contribution in [-0.4, -0.2) is 63.9 Å². The Hall–Kier alpha value is -4.22. The van der Waals surface area contributed by atoms with Crippen LogP contribution in [0, 0.1) is 5.92 Å². The lowest BCUT2D eigenvalue weighted by molar-refractivity contribution is -0.120. The van der Waals surface area contributed by atoms with Crippen molar-refractivity contribution in [3.05, 3.63) is 55.6 Å². The number of rotatable bonds is 5. The highest BCUT2D eigenvalue weighted by atomic mass is 16.1. The maximum Gasteiger partial charge on any atom is 0.227 e. The van der Waals surface area contributed by atoms with Crippen molar-refractivity contribution in [2.75, 3.05) is 23.3 Å². The minimum Gasteiger partial charge on any atom is -0.356 e. The highest BCUT2D eigenvalue weighted by Crippen LogP contribution is 2.24. The number of hydrogen-bond acceptors (Lipinski definition) is 9. The summed E-state index contributed by atoms with van der Waals surface area (Å²) in [5, 5.41) is 18.2. The molecule has 0 atom stereocenters. The van der Waals surface area contributed by atoms with Crippen molar-refractivity contribution in [2.45, 2.75) is 12.8 Å². The third-order valence-electron chi connectivity index (χ3n) is 5.23. The number of benzene rings is 1. The van der Waals surface area contributed by atoms with Gasteiger partial charge in [0.15, 0.2) is 5.82 Å². The average molecular weight is 417 g/mol. The summed E-state index contributed by atoms with van der Waals surface area (Å²) in [6.07, 6.45) is 7.59. The third-order valence-corrected chi connectivity index (χ3v) is 5.23. The number of anilines is 2. The van der Waals surface area contributed by atoms with Gasteiger partial charge >= 0.3 is 0 Å². The molecule has 31 heavy (non-hydrogen) atoms. The first-order valence-corrected chi connectivity index (χ1v) is 9.82. The predicted molar refractivity (Wildman–Crippen MR) is 110 cm³/mol. The minimum absolute atomic E-state index is 0.0285. The molecule has 1 aliphatic rings. The Morgan fingerprint density at radius 1 is 0.968 bits per heavy atom. The molecule has 1 N–H and O–H groups in total. The molecule has 0 unspecified atom stereocenters. The van der Waals surface area contributed by atoms with Crippen LogP contribution >= 0.6 is 0 Å². The van der Waals surface area contributed by atoms with E-state index in [1.54, 1.807) is 15.7 Å². The summed E-state index contributed by atoms with van der Waals surface area (Å²) in [5.74, 6) is 1.46. The Morgan fingerprint density at radius 3 is 2.48 bits per heavy atom. The van der Waals surface area contributed by atoms with E-state index < -0.39 is 0 Å². The van der Waals surface area contributed by atoms with E-state index in [2.05, 4.69) is 45.8 Å². The van der Waals surface area contributed by atoms with Crippen LogP contribution in [0.15, 0.2) is 55.6 Å². The van der Waals surface area contributed by atoms with Crippen LogP contribution in [0.25, 0.3) is 11.5 Å². The zero-order valence-corrected chi connectivity index (χ0v) is 16.5. The lowest BCUT2D eigenvalue weighted by atomic mass is 9.96. The lowest BCUT2D eigenvalue weighted by Gasteiger charge is -2.32. The van der Waals surface area contributed by atoms with E-state index in [0.29, 0.717) is 5.82 Å². The zero-order valence-electron chi connectivity index (χ0n) is 16.5. The Balaban J connectivity index is 1.18. The van der Waals surface area contributed by atoms with Crippen LogP contribution in [0.4, 0.5) is 11.5 Å². The van der Waals surface area contributed by atoms with Gasteiger partial charge < -0.3 is 10.2 Å². The van der Waals surface area contributed by atoms with Crippen LogP contribution in [0.3, 0.4) is 0 Å². The normalized spacial score (nSPS) is 14.5. The first kappa shape index (κ1) is 18.8. The molecule has 1 fully saturated rings. The maximum atomic E-state index is 12.7. The molecule has 0 radical (unpaired) electrons. The van der Waals surface area contributed by atoms with Crippen LogP contribution in [0.2, 0.25) is 0 Å². The van der Waals surface area contributed by atoms with Gasteiger partial charge in [-0.3, -0.25) is 4.79 Å². The molecule has 0 bridgehead atoms. The molecule has 156 valence electrons. The van der Waals surface area contributed by atoms with Crippen molar-refractivity contribution in [2.24, 2.45) is 5.92 Å². The van der Waals surface area contributed by atoms with Gasteiger partial charge in [0.25, 0.3) is 0 Å². The van der Waals surface area contributed by atoms with Crippen LogP contribution in [0.5, 0.6) is 0 Å². The summed E-state index contributed by atoms with van der Waals surface area (Å²) >= 11 is 0. The molecule has 3 aromatic heterocycles. The molecule has 1 aliphatic heterocycles. The van der Waals surface area contributed by atoms with Crippen molar-refractivity contribution in [1.29, 1.82) is 0 Å². The topological polar surface area (TPSA) is 132 Å². The molecule has 0 saturated carbocycles. The van der Waals surface area contributed by atoms with Crippen molar-refractivity contribution in [3.8, 4) is 11.5 Å². The standard InChI is InChI=1S/C19H19N11O/c31-19(25-15-1-3-16(4-2-15)29-13-23-26-27-29)14-5-7-28(8-6-14)17-9-18(22-11-21-17)30-12-20-10-24-30/h1-4,9-14H,5-8H2,(H,25,31). The highest BCUT2D eigenvalue weighted by Gasteiger charge is 2.26. The number of piperidine rings is 1. The van der Waals surface area contributed by atoms with Crippen LogP contribution in [-0.2, 0) is 4.79 Å². The van der Waals surface area contributed by atoms with Gasteiger partial charge in [0, 0.05) is 30.8 Å². The minimum atomic E-state index is -0.0490. The van der Waals surface area contributed by atoms with Gasteiger partial charge in [0.1, 0.15) is 31.1 Å². The van der Waals surface area contributed by atoms with E-state index in [9.17, 15) is 4.79 Å². The average Bonchev–Trinajstić information content (AvgIpc) is 3.54. The molecule has 5 rings (SSSR count). The molecular formula is C19H19N11O. The summed E-state index contributed by atoms with van der Waals surface area (Å²) < 4.78 is 3.15. The smallest absolute Gasteiger partial charge is 0.227 e. The van der Waals surface area contributed by atoms with Crippen LogP contribution < -0.4 is 10.2 Å². The zero-order chi connectivity index (χ0) is 21.0. The second-order valence-corrected chi connectivity index (χ2v) is 7.13. The summed E-state index contributed by atoms with van der Waals surface area (Å²) in [7, 11) is 0. The second-order valence-electron chi connectivity index (χ2n) is 7.13. The molecule has 0 aliphatic carbocycles. The number of carbonyl (C=O) groups is 1. The Labute approximate surface area is 177 Å². The van der Waals surface area contributed by atoms with Gasteiger partial charge in [0.05, 0.1) is 5.69 Å². The first-order valence-electron chi connectivity index (χ1n) is 9.82. The number of aromatic nitrogens is 9. The fourth-order valence-electron chi connectivity index (χ4n) is 3.55. The molecule has 12 heteroatoms. The monoisotopic (exact) mass is 417 g/mol. The van der Waals surface area contributed by atoms with Gasteiger partial charge in [-0.25, -0.2) is 24.3 Å². The second kappa shape index (κ2) is 8.26. The lowest BCUT2D eigenvalue weighted by Crippen LogP contribution is -2.38. The first-order chi connectivity index (χ1) is 15.3. The van der Waals surface area contributed by atoms with Crippen molar-refractivity contribution in [3.63, 3.8) is 0 Å². The van der Waals surface area contributed by atoms with Crippen molar-refractivity contribution in [1.82, 2.24) is 44.9 Å². The fourth-order valence-corrected chi connectivity index (χ4v) is 3.55. The maximum absolute atomic E-state index is 12.7. The quantitative estimate of drug-likeness (QED) is 0.502. The van der Waals surface area contributed by atoms with Crippen molar-refractivity contribution >= 4 is 17.4 Å². The van der Waals surface area contributed by atoms with Gasteiger partial charge in [-0.15, -0.1) is 5.10 Å². The molecular weight excluding hydrogens is 398 g/mol. The molecule has 1 saturated heterocycles. The predicted octanol–water partition coefficient (Wildman–Crippen LogP) is 0.888. The van der Waals surface area contributed by atoms with Gasteiger partial charge in [0.2, 0.25) is 5.91 Å². The van der Waals surface area contributed by atoms with Gasteiger partial charge in [-0.1, -0.05) is 0 Å². The van der Waals surface area contributed by atoms with E-state index in [-0.39, 0.29) is 11.8 Å². The number of carbonyl (C=O) groups excluding carboxylic acids is 1. The van der Waals surface area contributed by atoms with E-state index in [4.69, 9.17) is 0 Å². The number of nitrogens with zero attached hydrogens (tertiary/aromatic N) is 10. The highest BCUT2D eigenvalue weighted by molar-refractivity contribution is 5.92. The van der Waals surface area contributed by atoms with Gasteiger partial charge in [-0.05, 0) is 47.5 Å². The summed E-state index contributed by atoms with van der Waals surface area (Å²) in [4.78, 5) is 27.4. The van der Waals surface area contributed by atoms with Crippen LogP contribution in [0.1, 0.15) is 12.8 Å². The number of nitrogens with one attached hydrogen (secondary N) is 1. The summed E-state index contributed by atoms with van der Waals surface area (Å²) in [5.41, 5.74) is 1.57. The Bertz CT molecular complexity index is 1130. The molecule has 0 spiro atoms. The number of tetrazole rings is 1. The van der Waals surface area contributed by atoms with E-state index in [1.807, 2.05) is 30.3 Å².